The average Bonchev–Trinajstić information content (AvgIpc) is 3.17. The molecule has 0 radical (unpaired) electrons. The van der Waals surface area contributed by atoms with Gasteiger partial charge in [0.05, 0.1) is 19.8 Å². The van der Waals surface area contributed by atoms with Crippen LogP contribution < -0.4 is 14.8 Å². The smallest absolute Gasteiger partial charge is 0.259 e. The maximum atomic E-state index is 12.7. The zero-order valence-electron chi connectivity index (χ0n) is 15.4. The number of amides is 1. The van der Waals surface area contributed by atoms with Crippen molar-refractivity contribution in [3.8, 4) is 22.8 Å². The molecule has 140 valence electrons. The van der Waals surface area contributed by atoms with E-state index in [2.05, 4.69) is 10.3 Å². The van der Waals surface area contributed by atoms with Crippen LogP contribution in [-0.4, -0.2) is 25.1 Å². The van der Waals surface area contributed by atoms with E-state index in [4.69, 9.17) is 13.9 Å². The van der Waals surface area contributed by atoms with Crippen molar-refractivity contribution in [2.45, 2.75) is 0 Å². The van der Waals surface area contributed by atoms with Crippen molar-refractivity contribution in [1.82, 2.24) is 4.98 Å². The third-order valence-electron chi connectivity index (χ3n) is 4.37. The van der Waals surface area contributed by atoms with Gasteiger partial charge in [-0.15, -0.1) is 0 Å². The molecule has 0 saturated heterocycles. The molecular weight excluding hydrogens is 356 g/mol. The van der Waals surface area contributed by atoms with Gasteiger partial charge < -0.3 is 19.2 Å². The summed E-state index contributed by atoms with van der Waals surface area (Å²) in [6.07, 6.45) is 1.70. The van der Waals surface area contributed by atoms with Gasteiger partial charge in [-0.3, -0.25) is 4.79 Å². The lowest BCUT2D eigenvalue weighted by Crippen LogP contribution is -2.13. The molecule has 0 aliphatic carbocycles. The number of methoxy groups -OCH3 is 2. The standard InChI is InChI=1S/C22H18N2O4/c1-26-18-7-3-6-17(20(18)27-2)21(25)24-16-10-8-14(9-11-16)19-13-15-5-4-12-23-22(15)28-19/h3-13H,1-2H3,(H,24,25). The van der Waals surface area contributed by atoms with E-state index in [1.807, 2.05) is 42.5 Å². The predicted octanol–water partition coefficient (Wildman–Crippen LogP) is 4.76. The van der Waals surface area contributed by atoms with Crippen LogP contribution >= 0.6 is 0 Å². The fraction of sp³-hybridized carbons (Fsp3) is 0.0909. The number of hydrogen-bond donors (Lipinski definition) is 1. The zero-order valence-corrected chi connectivity index (χ0v) is 15.4. The highest BCUT2D eigenvalue weighted by Crippen LogP contribution is 2.31. The lowest BCUT2D eigenvalue weighted by atomic mass is 10.1. The SMILES string of the molecule is COc1cccc(C(=O)Nc2ccc(-c3cc4cccnc4o3)cc2)c1OC. The number of hydrogen-bond acceptors (Lipinski definition) is 5. The second kappa shape index (κ2) is 7.44. The van der Waals surface area contributed by atoms with Crippen molar-refractivity contribution in [3.63, 3.8) is 0 Å². The van der Waals surface area contributed by atoms with Crippen molar-refractivity contribution in [1.29, 1.82) is 0 Å². The highest BCUT2D eigenvalue weighted by atomic mass is 16.5. The van der Waals surface area contributed by atoms with Gasteiger partial charge in [0.2, 0.25) is 5.71 Å². The fourth-order valence-electron chi connectivity index (χ4n) is 3.00. The molecule has 2 heterocycles. The summed E-state index contributed by atoms with van der Waals surface area (Å²) in [4.78, 5) is 16.9. The quantitative estimate of drug-likeness (QED) is 0.545. The van der Waals surface area contributed by atoms with E-state index in [9.17, 15) is 4.79 Å². The number of anilines is 1. The highest BCUT2D eigenvalue weighted by molar-refractivity contribution is 6.06. The van der Waals surface area contributed by atoms with Gasteiger partial charge in [0.25, 0.3) is 5.91 Å². The lowest BCUT2D eigenvalue weighted by Gasteiger charge is -2.12. The molecule has 6 nitrogen and oxygen atoms in total. The summed E-state index contributed by atoms with van der Waals surface area (Å²) in [6.45, 7) is 0. The number of carbonyl (C=O) groups is 1. The minimum Gasteiger partial charge on any atom is -0.493 e. The second-order valence-corrected chi connectivity index (χ2v) is 6.08. The van der Waals surface area contributed by atoms with Crippen LogP contribution in [0.1, 0.15) is 10.4 Å². The van der Waals surface area contributed by atoms with Crippen molar-refractivity contribution in [2.75, 3.05) is 19.5 Å². The van der Waals surface area contributed by atoms with Crippen LogP contribution in [0.4, 0.5) is 5.69 Å². The number of ether oxygens (including phenoxy) is 2. The number of nitrogens with one attached hydrogen (secondary N) is 1. The van der Waals surface area contributed by atoms with Crippen LogP contribution in [0.5, 0.6) is 11.5 Å². The fourth-order valence-corrected chi connectivity index (χ4v) is 3.00. The van der Waals surface area contributed by atoms with E-state index in [0.29, 0.717) is 28.5 Å². The molecule has 4 rings (SSSR count). The minimum atomic E-state index is -0.281. The van der Waals surface area contributed by atoms with Gasteiger partial charge in [0.1, 0.15) is 5.76 Å². The molecular formula is C22H18N2O4. The van der Waals surface area contributed by atoms with E-state index >= 15 is 0 Å². The van der Waals surface area contributed by atoms with Crippen LogP contribution in [0.3, 0.4) is 0 Å². The van der Waals surface area contributed by atoms with E-state index in [1.54, 1.807) is 24.4 Å². The number of pyridine rings is 1. The highest BCUT2D eigenvalue weighted by Gasteiger charge is 2.16. The summed E-state index contributed by atoms with van der Waals surface area (Å²) < 4.78 is 16.3. The van der Waals surface area contributed by atoms with Gasteiger partial charge in [-0.25, -0.2) is 4.98 Å². The third kappa shape index (κ3) is 3.27. The molecule has 0 atom stereocenters. The maximum Gasteiger partial charge on any atom is 0.259 e. The normalized spacial score (nSPS) is 10.6. The topological polar surface area (TPSA) is 73.6 Å². The summed E-state index contributed by atoms with van der Waals surface area (Å²) in [5.41, 5.74) is 2.55. The number of fused-ring (bicyclic) bond motifs is 1. The Morgan fingerprint density at radius 3 is 2.54 bits per heavy atom. The first-order valence-corrected chi connectivity index (χ1v) is 8.67. The number of rotatable bonds is 5. The molecule has 4 aromatic rings. The molecule has 0 saturated carbocycles. The Balaban J connectivity index is 1.56. The summed E-state index contributed by atoms with van der Waals surface area (Å²) in [7, 11) is 3.04. The number of carbonyl (C=O) groups excluding carboxylic acids is 1. The summed E-state index contributed by atoms with van der Waals surface area (Å²) in [6, 6.07) is 18.3. The molecule has 0 aliphatic rings. The van der Waals surface area contributed by atoms with Crippen molar-refractivity contribution >= 4 is 22.7 Å². The van der Waals surface area contributed by atoms with Crippen LogP contribution in [0, 0.1) is 0 Å². The molecule has 0 aliphatic heterocycles. The van der Waals surface area contributed by atoms with Gasteiger partial charge in [0.15, 0.2) is 11.5 Å². The predicted molar refractivity (Wildman–Crippen MR) is 107 cm³/mol. The van der Waals surface area contributed by atoms with Crippen LogP contribution in [0.15, 0.2) is 71.3 Å². The number of benzene rings is 2. The Kier molecular flexibility index (Phi) is 4.68. The van der Waals surface area contributed by atoms with Gasteiger partial charge in [0, 0.05) is 22.8 Å². The molecule has 0 fully saturated rings. The first kappa shape index (κ1) is 17.6. The Morgan fingerprint density at radius 1 is 1.00 bits per heavy atom. The van der Waals surface area contributed by atoms with Crippen molar-refractivity contribution < 1.29 is 18.7 Å². The third-order valence-corrected chi connectivity index (χ3v) is 4.37. The van der Waals surface area contributed by atoms with Crippen molar-refractivity contribution in [2.24, 2.45) is 0 Å². The number of nitrogens with zero attached hydrogens (tertiary/aromatic N) is 1. The van der Waals surface area contributed by atoms with Crippen molar-refractivity contribution in [3.05, 3.63) is 72.4 Å². The zero-order chi connectivity index (χ0) is 19.5. The first-order valence-electron chi connectivity index (χ1n) is 8.67. The Labute approximate surface area is 161 Å². The summed E-state index contributed by atoms with van der Waals surface area (Å²) in [5.74, 6) is 1.34. The summed E-state index contributed by atoms with van der Waals surface area (Å²) in [5, 5.41) is 3.82. The molecule has 1 N–H and O–H groups in total. The molecule has 6 heteroatoms. The average molecular weight is 374 g/mol. The van der Waals surface area contributed by atoms with Gasteiger partial charge >= 0.3 is 0 Å². The Hall–Kier alpha value is -3.80. The number of para-hydroxylation sites is 1. The Morgan fingerprint density at radius 2 is 1.82 bits per heavy atom. The van der Waals surface area contributed by atoms with Gasteiger partial charge in [-0.1, -0.05) is 6.07 Å². The molecule has 28 heavy (non-hydrogen) atoms. The van der Waals surface area contributed by atoms with E-state index in [1.165, 1.54) is 14.2 Å². The lowest BCUT2D eigenvalue weighted by molar-refractivity contribution is 0.102. The van der Waals surface area contributed by atoms with E-state index in [-0.39, 0.29) is 5.91 Å². The first-order chi connectivity index (χ1) is 13.7. The largest absolute Gasteiger partial charge is 0.493 e. The van der Waals surface area contributed by atoms with E-state index < -0.39 is 0 Å². The molecule has 0 bridgehead atoms. The Bertz CT molecular complexity index is 1100. The van der Waals surface area contributed by atoms with Crippen LogP contribution in [0.25, 0.3) is 22.4 Å². The van der Waals surface area contributed by atoms with E-state index in [0.717, 1.165) is 16.7 Å². The minimum absolute atomic E-state index is 0.281. The number of aromatic nitrogens is 1. The summed E-state index contributed by atoms with van der Waals surface area (Å²) >= 11 is 0. The molecule has 2 aromatic heterocycles. The monoisotopic (exact) mass is 374 g/mol. The number of furan rings is 1. The molecule has 2 aromatic carbocycles. The molecule has 0 spiro atoms. The molecule has 1 amide bonds. The van der Waals surface area contributed by atoms with Crippen LogP contribution in [-0.2, 0) is 0 Å². The molecule has 0 unspecified atom stereocenters. The maximum absolute atomic E-state index is 12.7. The van der Waals surface area contributed by atoms with Crippen LogP contribution in [0.2, 0.25) is 0 Å². The second-order valence-electron chi connectivity index (χ2n) is 6.08. The van der Waals surface area contributed by atoms with Gasteiger partial charge in [-0.2, -0.15) is 0 Å². The van der Waals surface area contributed by atoms with Gasteiger partial charge in [-0.05, 0) is 54.6 Å².